The molecule has 162 valence electrons. The SMILES string of the molecule is CCN1CCc2nc(NC(=O)C(CC(C)C)NC(=O)c3ccc(Cl)cc3Cl)sc2C1. The van der Waals surface area contributed by atoms with Crippen molar-refractivity contribution < 1.29 is 9.59 Å². The Hall–Kier alpha value is -1.67. The molecule has 0 saturated heterocycles. The molecule has 1 aliphatic rings. The molecular formula is C21H26Cl2N4O2S. The molecule has 9 heteroatoms. The average molecular weight is 469 g/mol. The third kappa shape index (κ3) is 5.72. The van der Waals surface area contributed by atoms with Gasteiger partial charge in [0.1, 0.15) is 6.04 Å². The number of nitrogens with one attached hydrogen (secondary N) is 2. The van der Waals surface area contributed by atoms with E-state index in [2.05, 4.69) is 27.4 Å². The lowest BCUT2D eigenvalue weighted by atomic mass is 10.0. The fourth-order valence-corrected chi connectivity index (χ4v) is 4.92. The van der Waals surface area contributed by atoms with Crippen molar-refractivity contribution in [2.45, 2.75) is 46.2 Å². The van der Waals surface area contributed by atoms with E-state index >= 15 is 0 Å². The largest absolute Gasteiger partial charge is 0.340 e. The topological polar surface area (TPSA) is 74.3 Å². The van der Waals surface area contributed by atoms with Crippen molar-refractivity contribution in [3.05, 3.63) is 44.4 Å². The van der Waals surface area contributed by atoms with Crippen LogP contribution in [0.3, 0.4) is 0 Å². The third-order valence-electron chi connectivity index (χ3n) is 4.99. The predicted octanol–water partition coefficient (Wildman–Crippen LogP) is 4.61. The summed E-state index contributed by atoms with van der Waals surface area (Å²) >= 11 is 13.6. The van der Waals surface area contributed by atoms with Gasteiger partial charge in [-0.1, -0.05) is 44.0 Å². The first-order valence-corrected chi connectivity index (χ1v) is 11.6. The Balaban J connectivity index is 1.71. The molecule has 2 N–H and O–H groups in total. The summed E-state index contributed by atoms with van der Waals surface area (Å²) in [6, 6.07) is 3.96. The molecule has 0 spiro atoms. The number of likely N-dealkylation sites (N-methyl/N-ethyl adjacent to an activating group) is 1. The summed E-state index contributed by atoms with van der Waals surface area (Å²) in [5.74, 6) is -0.473. The molecule has 1 aliphatic heterocycles. The molecule has 6 nitrogen and oxygen atoms in total. The zero-order chi connectivity index (χ0) is 21.8. The first-order valence-electron chi connectivity index (χ1n) is 10.0. The Kier molecular flexibility index (Phi) is 7.74. The van der Waals surface area contributed by atoms with E-state index in [1.807, 2.05) is 13.8 Å². The number of amides is 2. The number of anilines is 1. The highest BCUT2D eigenvalue weighted by Crippen LogP contribution is 2.28. The summed E-state index contributed by atoms with van der Waals surface area (Å²) in [7, 11) is 0. The van der Waals surface area contributed by atoms with Gasteiger partial charge in [0, 0.05) is 29.4 Å². The van der Waals surface area contributed by atoms with Gasteiger partial charge in [-0.05, 0) is 37.1 Å². The zero-order valence-electron chi connectivity index (χ0n) is 17.3. The molecule has 0 saturated carbocycles. The summed E-state index contributed by atoms with van der Waals surface area (Å²) in [4.78, 5) is 33.8. The first-order chi connectivity index (χ1) is 14.3. The number of halogens is 2. The fourth-order valence-electron chi connectivity index (χ4n) is 3.38. The maximum absolute atomic E-state index is 13.0. The van der Waals surface area contributed by atoms with Gasteiger partial charge >= 0.3 is 0 Å². The lowest BCUT2D eigenvalue weighted by Gasteiger charge is -2.23. The van der Waals surface area contributed by atoms with Crippen LogP contribution in [0.1, 0.15) is 48.1 Å². The van der Waals surface area contributed by atoms with Crippen LogP contribution in [0.5, 0.6) is 0 Å². The molecule has 1 aromatic carbocycles. The van der Waals surface area contributed by atoms with Crippen LogP contribution in [0.4, 0.5) is 5.13 Å². The predicted molar refractivity (Wildman–Crippen MR) is 123 cm³/mol. The van der Waals surface area contributed by atoms with Crippen molar-refractivity contribution in [2.75, 3.05) is 18.4 Å². The summed E-state index contributed by atoms with van der Waals surface area (Å²) < 4.78 is 0. The highest BCUT2D eigenvalue weighted by molar-refractivity contribution is 7.15. The van der Waals surface area contributed by atoms with E-state index < -0.39 is 11.9 Å². The molecule has 1 aromatic heterocycles. The van der Waals surface area contributed by atoms with Crippen LogP contribution in [0.25, 0.3) is 0 Å². The molecular weight excluding hydrogens is 443 g/mol. The highest BCUT2D eigenvalue weighted by Gasteiger charge is 2.26. The van der Waals surface area contributed by atoms with Gasteiger partial charge in [-0.25, -0.2) is 4.98 Å². The lowest BCUT2D eigenvalue weighted by Crippen LogP contribution is -2.44. The summed E-state index contributed by atoms with van der Waals surface area (Å²) in [5, 5.41) is 6.98. The van der Waals surface area contributed by atoms with Gasteiger partial charge in [-0.3, -0.25) is 14.5 Å². The smallest absolute Gasteiger partial charge is 0.253 e. The monoisotopic (exact) mass is 468 g/mol. The Bertz CT molecular complexity index is 932. The third-order valence-corrected chi connectivity index (χ3v) is 6.54. The van der Waals surface area contributed by atoms with Gasteiger partial charge < -0.3 is 10.6 Å². The number of rotatable bonds is 7. The van der Waals surface area contributed by atoms with E-state index in [9.17, 15) is 9.59 Å². The molecule has 1 atom stereocenters. The first kappa shape index (κ1) is 23.0. The van der Waals surface area contributed by atoms with Crippen LogP contribution < -0.4 is 10.6 Å². The van der Waals surface area contributed by atoms with Gasteiger partial charge in [0.2, 0.25) is 5.91 Å². The molecule has 3 rings (SSSR count). The standard InChI is InChI=1S/C21H26Cl2N4O2S/c1-4-27-8-7-16-18(11-27)30-21(25-16)26-20(29)17(9-12(2)3)24-19(28)14-6-5-13(22)10-15(14)23/h5-6,10,12,17H,4,7-9,11H2,1-3H3,(H,24,28)(H,25,26,29). The molecule has 0 fully saturated rings. The minimum absolute atomic E-state index is 0.212. The maximum atomic E-state index is 13.0. The summed E-state index contributed by atoms with van der Waals surface area (Å²) in [6.07, 6.45) is 1.38. The van der Waals surface area contributed by atoms with Crippen molar-refractivity contribution in [1.29, 1.82) is 0 Å². The zero-order valence-corrected chi connectivity index (χ0v) is 19.6. The number of nitrogens with zero attached hydrogens (tertiary/aromatic N) is 2. The van der Waals surface area contributed by atoms with Crippen molar-refractivity contribution in [3.63, 3.8) is 0 Å². The number of benzene rings is 1. The summed E-state index contributed by atoms with van der Waals surface area (Å²) in [6.45, 7) is 8.98. The minimum Gasteiger partial charge on any atom is -0.340 e. The Morgan fingerprint density at radius 2 is 2.07 bits per heavy atom. The molecule has 2 amide bonds. The lowest BCUT2D eigenvalue weighted by molar-refractivity contribution is -0.118. The van der Waals surface area contributed by atoms with Crippen LogP contribution in [0.2, 0.25) is 10.0 Å². The van der Waals surface area contributed by atoms with Crippen molar-refractivity contribution in [1.82, 2.24) is 15.2 Å². The van der Waals surface area contributed by atoms with E-state index in [0.29, 0.717) is 16.6 Å². The van der Waals surface area contributed by atoms with Crippen molar-refractivity contribution in [3.8, 4) is 0 Å². The van der Waals surface area contributed by atoms with Crippen molar-refractivity contribution in [2.24, 2.45) is 5.92 Å². The number of carbonyl (C=O) groups is 2. The second kappa shape index (κ2) is 10.1. The fraction of sp³-hybridized carbons (Fsp3) is 0.476. The normalized spacial score (nSPS) is 15.0. The Morgan fingerprint density at radius 3 is 2.73 bits per heavy atom. The van der Waals surface area contributed by atoms with Crippen molar-refractivity contribution >= 4 is 51.5 Å². The van der Waals surface area contributed by atoms with Gasteiger partial charge in [0.25, 0.3) is 5.91 Å². The van der Waals surface area contributed by atoms with Crippen LogP contribution in [0.15, 0.2) is 18.2 Å². The highest BCUT2D eigenvalue weighted by atomic mass is 35.5. The quantitative estimate of drug-likeness (QED) is 0.621. The molecule has 2 heterocycles. The van der Waals surface area contributed by atoms with Crippen LogP contribution in [-0.2, 0) is 17.8 Å². The molecule has 1 unspecified atom stereocenters. The average Bonchev–Trinajstić information content (AvgIpc) is 3.08. The Morgan fingerprint density at radius 1 is 1.30 bits per heavy atom. The van der Waals surface area contributed by atoms with E-state index in [4.69, 9.17) is 23.2 Å². The molecule has 0 aliphatic carbocycles. The van der Waals surface area contributed by atoms with Crippen LogP contribution >= 0.6 is 34.5 Å². The van der Waals surface area contributed by atoms with E-state index in [-0.39, 0.29) is 22.4 Å². The molecule has 30 heavy (non-hydrogen) atoms. The number of hydrogen-bond acceptors (Lipinski definition) is 5. The van der Waals surface area contributed by atoms with Gasteiger partial charge in [-0.2, -0.15) is 0 Å². The molecule has 0 radical (unpaired) electrons. The minimum atomic E-state index is -0.697. The Labute approximate surface area is 191 Å². The van der Waals surface area contributed by atoms with E-state index in [1.54, 1.807) is 12.1 Å². The molecule has 2 aromatic rings. The van der Waals surface area contributed by atoms with Gasteiger partial charge in [0.15, 0.2) is 5.13 Å². The number of carbonyl (C=O) groups excluding carboxylic acids is 2. The van der Waals surface area contributed by atoms with E-state index in [0.717, 1.165) is 31.7 Å². The summed E-state index contributed by atoms with van der Waals surface area (Å²) in [5.41, 5.74) is 1.34. The second-order valence-electron chi connectivity index (χ2n) is 7.78. The number of hydrogen-bond donors (Lipinski definition) is 2. The molecule has 0 bridgehead atoms. The number of aromatic nitrogens is 1. The van der Waals surface area contributed by atoms with Gasteiger partial charge in [0.05, 0.1) is 16.3 Å². The second-order valence-corrected chi connectivity index (χ2v) is 9.70. The number of fused-ring (bicyclic) bond motifs is 1. The van der Waals surface area contributed by atoms with Crippen LogP contribution in [0, 0.1) is 5.92 Å². The maximum Gasteiger partial charge on any atom is 0.253 e. The number of thiazole rings is 1. The van der Waals surface area contributed by atoms with Crippen LogP contribution in [-0.4, -0.2) is 40.8 Å². The van der Waals surface area contributed by atoms with Gasteiger partial charge in [-0.15, -0.1) is 11.3 Å². The van der Waals surface area contributed by atoms with E-state index in [1.165, 1.54) is 22.3 Å².